The molecule has 1 rings (SSSR count). The van der Waals surface area contributed by atoms with E-state index in [4.69, 9.17) is 15.6 Å². The number of ether oxygens (including phenoxy) is 1. The zero-order valence-electron chi connectivity index (χ0n) is 9.11. The molecular formula is C10H12F2N2O3. The highest BCUT2D eigenvalue weighted by molar-refractivity contribution is 5.71. The molecule has 0 amide bonds. The summed E-state index contributed by atoms with van der Waals surface area (Å²) in [6, 6.07) is 0. The van der Waals surface area contributed by atoms with E-state index in [1.54, 1.807) is 0 Å². The number of rotatable bonds is 5. The van der Waals surface area contributed by atoms with Gasteiger partial charge < -0.3 is 15.6 Å². The fourth-order valence-electron chi connectivity index (χ4n) is 1.51. The number of hydrogen-bond donors (Lipinski definition) is 2. The fourth-order valence-corrected chi connectivity index (χ4v) is 1.51. The van der Waals surface area contributed by atoms with Gasteiger partial charge >= 0.3 is 5.97 Å². The minimum Gasteiger partial charge on any atom is -0.481 e. The van der Waals surface area contributed by atoms with Crippen molar-refractivity contribution in [3.63, 3.8) is 0 Å². The van der Waals surface area contributed by atoms with Gasteiger partial charge in [0.25, 0.3) is 6.43 Å². The number of hydrogen-bond acceptors (Lipinski definition) is 4. The van der Waals surface area contributed by atoms with E-state index >= 15 is 0 Å². The lowest BCUT2D eigenvalue weighted by atomic mass is 10.0. The molecule has 5 nitrogen and oxygen atoms in total. The van der Waals surface area contributed by atoms with Crippen LogP contribution in [-0.4, -0.2) is 23.2 Å². The number of alkyl halides is 2. The van der Waals surface area contributed by atoms with Crippen LogP contribution in [0.4, 0.5) is 8.78 Å². The maximum Gasteiger partial charge on any atom is 0.307 e. The zero-order chi connectivity index (χ0) is 13.0. The smallest absolute Gasteiger partial charge is 0.307 e. The first-order chi connectivity index (χ1) is 8.01. The number of nitrogens with two attached hydrogens (primary N) is 1. The van der Waals surface area contributed by atoms with Crippen molar-refractivity contribution in [1.29, 1.82) is 0 Å². The predicted octanol–water partition coefficient (Wildman–Crippen LogP) is 1.11. The molecule has 0 bridgehead atoms. The molecule has 0 aliphatic rings. The topological polar surface area (TPSA) is 85.4 Å². The Balaban J connectivity index is 3.40. The molecule has 0 aromatic carbocycles. The van der Waals surface area contributed by atoms with Crippen molar-refractivity contribution in [2.75, 3.05) is 7.11 Å². The average molecular weight is 246 g/mol. The molecule has 1 aromatic rings. The molecule has 0 atom stereocenters. The standard InChI is InChI=1S/C10H12F2N2O3/c1-17-10-8(9(11)12)6(2-7(15)16)5(3-13)4-14-10/h4,9H,2-3,13H2,1H3,(H,15,16). The van der Waals surface area contributed by atoms with Crippen molar-refractivity contribution < 1.29 is 23.4 Å². The lowest BCUT2D eigenvalue weighted by molar-refractivity contribution is -0.136. The molecule has 3 N–H and O–H groups in total. The summed E-state index contributed by atoms with van der Waals surface area (Å²) >= 11 is 0. The number of aliphatic carboxylic acids is 1. The van der Waals surface area contributed by atoms with Crippen molar-refractivity contribution in [3.8, 4) is 5.88 Å². The number of carboxylic acids is 1. The van der Waals surface area contributed by atoms with Gasteiger partial charge in [-0.1, -0.05) is 0 Å². The molecule has 0 aliphatic heterocycles. The number of methoxy groups -OCH3 is 1. The molecule has 0 aliphatic carbocycles. The lowest BCUT2D eigenvalue weighted by Crippen LogP contribution is -2.12. The first kappa shape index (κ1) is 13.3. The van der Waals surface area contributed by atoms with Crippen LogP contribution in [0.3, 0.4) is 0 Å². The van der Waals surface area contributed by atoms with Gasteiger partial charge in [0, 0.05) is 12.7 Å². The fraction of sp³-hybridized carbons (Fsp3) is 0.400. The molecule has 17 heavy (non-hydrogen) atoms. The van der Waals surface area contributed by atoms with Crippen LogP contribution in [0, 0.1) is 0 Å². The molecule has 0 unspecified atom stereocenters. The van der Waals surface area contributed by atoms with Crippen molar-refractivity contribution >= 4 is 5.97 Å². The third-order valence-electron chi connectivity index (χ3n) is 2.24. The summed E-state index contributed by atoms with van der Waals surface area (Å²) in [6.07, 6.45) is -2.15. The van der Waals surface area contributed by atoms with Gasteiger partial charge in [-0.15, -0.1) is 0 Å². The molecule has 0 saturated carbocycles. The van der Waals surface area contributed by atoms with Crippen LogP contribution in [0.15, 0.2) is 6.20 Å². The third-order valence-corrected chi connectivity index (χ3v) is 2.24. The van der Waals surface area contributed by atoms with E-state index in [1.807, 2.05) is 0 Å². The van der Waals surface area contributed by atoms with Crippen molar-refractivity contribution in [2.45, 2.75) is 19.4 Å². The predicted molar refractivity (Wildman–Crippen MR) is 55.0 cm³/mol. The van der Waals surface area contributed by atoms with Crippen LogP contribution in [-0.2, 0) is 17.8 Å². The van der Waals surface area contributed by atoms with Gasteiger partial charge in [0.2, 0.25) is 5.88 Å². The maximum atomic E-state index is 12.9. The summed E-state index contributed by atoms with van der Waals surface area (Å²) in [6.45, 7) is -0.0562. The normalized spacial score (nSPS) is 10.6. The van der Waals surface area contributed by atoms with E-state index in [9.17, 15) is 13.6 Å². The highest BCUT2D eigenvalue weighted by atomic mass is 19.3. The Morgan fingerprint density at radius 2 is 2.29 bits per heavy atom. The van der Waals surface area contributed by atoms with Crippen LogP contribution in [0.2, 0.25) is 0 Å². The molecule has 1 aromatic heterocycles. The number of pyridine rings is 1. The van der Waals surface area contributed by atoms with Crippen LogP contribution in [0.25, 0.3) is 0 Å². The molecule has 0 fully saturated rings. The average Bonchev–Trinajstić information content (AvgIpc) is 2.27. The molecule has 0 spiro atoms. The number of carbonyl (C=O) groups is 1. The second kappa shape index (κ2) is 5.53. The van der Waals surface area contributed by atoms with Crippen molar-refractivity contribution in [2.24, 2.45) is 5.73 Å². The summed E-state index contributed by atoms with van der Waals surface area (Å²) in [4.78, 5) is 14.3. The summed E-state index contributed by atoms with van der Waals surface area (Å²) in [5.74, 6) is -1.48. The van der Waals surface area contributed by atoms with E-state index in [-0.39, 0.29) is 23.6 Å². The Kier molecular flexibility index (Phi) is 4.33. The van der Waals surface area contributed by atoms with Gasteiger partial charge in [-0.3, -0.25) is 4.79 Å². The molecule has 0 saturated heterocycles. The van der Waals surface area contributed by atoms with E-state index < -0.39 is 24.4 Å². The molecular weight excluding hydrogens is 234 g/mol. The van der Waals surface area contributed by atoms with Crippen molar-refractivity contribution in [1.82, 2.24) is 4.98 Å². The number of nitrogens with zero attached hydrogens (tertiary/aromatic N) is 1. The van der Waals surface area contributed by atoms with E-state index in [1.165, 1.54) is 13.3 Å². The lowest BCUT2D eigenvalue weighted by Gasteiger charge is -2.14. The van der Waals surface area contributed by atoms with E-state index in [0.29, 0.717) is 0 Å². The SMILES string of the molecule is COc1ncc(CN)c(CC(=O)O)c1C(F)F. The zero-order valence-corrected chi connectivity index (χ0v) is 9.11. The van der Waals surface area contributed by atoms with Gasteiger partial charge in [-0.25, -0.2) is 13.8 Å². The Morgan fingerprint density at radius 1 is 1.65 bits per heavy atom. The Bertz CT molecular complexity index is 424. The van der Waals surface area contributed by atoms with E-state index in [2.05, 4.69) is 4.98 Å². The first-order valence-corrected chi connectivity index (χ1v) is 4.75. The van der Waals surface area contributed by atoms with Crippen LogP contribution in [0.5, 0.6) is 5.88 Å². The van der Waals surface area contributed by atoms with Crippen LogP contribution in [0.1, 0.15) is 23.1 Å². The minimum atomic E-state index is -2.86. The Morgan fingerprint density at radius 3 is 2.71 bits per heavy atom. The monoisotopic (exact) mass is 246 g/mol. The largest absolute Gasteiger partial charge is 0.481 e. The minimum absolute atomic E-state index is 0.0261. The Hall–Kier alpha value is -1.76. The number of carboxylic acid groups (broad SMARTS) is 1. The summed E-state index contributed by atoms with van der Waals surface area (Å²) in [7, 11) is 1.20. The van der Waals surface area contributed by atoms with Gasteiger partial charge in [-0.05, 0) is 11.1 Å². The highest BCUT2D eigenvalue weighted by Gasteiger charge is 2.24. The maximum absolute atomic E-state index is 12.9. The summed E-state index contributed by atoms with van der Waals surface area (Å²) in [5.41, 5.74) is 5.12. The number of aromatic nitrogens is 1. The molecule has 0 radical (unpaired) electrons. The number of halogens is 2. The quantitative estimate of drug-likeness (QED) is 0.812. The second-order valence-electron chi connectivity index (χ2n) is 3.26. The molecule has 7 heteroatoms. The Labute approximate surface area is 96.2 Å². The van der Waals surface area contributed by atoms with Gasteiger partial charge in [0.15, 0.2) is 0 Å². The highest BCUT2D eigenvalue weighted by Crippen LogP contribution is 2.32. The summed E-state index contributed by atoms with van der Waals surface area (Å²) in [5, 5.41) is 8.71. The van der Waals surface area contributed by atoms with Gasteiger partial charge in [-0.2, -0.15) is 0 Å². The molecule has 94 valence electrons. The third kappa shape index (κ3) is 2.88. The van der Waals surface area contributed by atoms with Crippen LogP contribution >= 0.6 is 0 Å². The van der Waals surface area contributed by atoms with E-state index in [0.717, 1.165) is 0 Å². The molecule has 1 heterocycles. The first-order valence-electron chi connectivity index (χ1n) is 4.75. The van der Waals surface area contributed by atoms with Gasteiger partial charge in [0.1, 0.15) is 0 Å². The second-order valence-corrected chi connectivity index (χ2v) is 3.26. The summed E-state index contributed by atoms with van der Waals surface area (Å²) < 4.78 is 30.5. The van der Waals surface area contributed by atoms with Crippen LogP contribution < -0.4 is 10.5 Å². The van der Waals surface area contributed by atoms with Gasteiger partial charge in [0.05, 0.1) is 19.1 Å². The van der Waals surface area contributed by atoms with Crippen molar-refractivity contribution in [3.05, 3.63) is 22.9 Å².